The maximum atomic E-state index is 12.5. The summed E-state index contributed by atoms with van der Waals surface area (Å²) in [5.74, 6) is -1.00. The number of hydrogen-bond acceptors (Lipinski definition) is 5. The van der Waals surface area contributed by atoms with E-state index in [1.54, 1.807) is 17.9 Å². The fraction of sp³-hybridized carbons (Fsp3) is 0.375. The second-order valence-electron chi connectivity index (χ2n) is 5.91. The molecule has 1 aromatic carbocycles. The second-order valence-corrected chi connectivity index (χ2v) is 7.98. The molecule has 1 atom stereocenters. The molecule has 122 valence electrons. The molecule has 0 spiro atoms. The minimum absolute atomic E-state index is 0.0392. The Kier molecular flexibility index (Phi) is 3.97. The molecule has 2 aromatic rings. The number of sulfone groups is 1. The van der Waals surface area contributed by atoms with Gasteiger partial charge in [-0.05, 0) is 31.9 Å². The lowest BCUT2D eigenvalue weighted by atomic mass is 10.1. The number of aryl methyl sites for hydroxylation is 1. The first-order chi connectivity index (χ1) is 10.9. The van der Waals surface area contributed by atoms with Gasteiger partial charge in [0.25, 0.3) is 0 Å². The molecule has 0 saturated heterocycles. The van der Waals surface area contributed by atoms with Crippen molar-refractivity contribution < 1.29 is 17.7 Å². The van der Waals surface area contributed by atoms with Crippen molar-refractivity contribution in [2.75, 3.05) is 10.7 Å². The molecule has 7 heteroatoms. The monoisotopic (exact) mass is 334 g/mol. The number of amides is 1. The highest BCUT2D eigenvalue weighted by molar-refractivity contribution is 7.91. The molecule has 2 heterocycles. The van der Waals surface area contributed by atoms with Crippen LogP contribution in [0.1, 0.15) is 23.9 Å². The summed E-state index contributed by atoms with van der Waals surface area (Å²) in [4.78, 5) is 14.1. The normalized spacial score (nSPS) is 17.3. The SMILES string of the molecule is Cc1cc(CS(=O)(=O)CC(=O)N2c3ccccc3CC2C)on1. The van der Waals surface area contributed by atoms with Gasteiger partial charge in [0.2, 0.25) is 5.91 Å². The van der Waals surface area contributed by atoms with Gasteiger partial charge >= 0.3 is 0 Å². The predicted octanol–water partition coefficient (Wildman–Crippen LogP) is 1.88. The number of fused-ring (bicyclic) bond motifs is 1. The van der Waals surface area contributed by atoms with Gasteiger partial charge in [0.15, 0.2) is 15.6 Å². The molecule has 1 aliphatic heterocycles. The Balaban J connectivity index is 1.76. The molecule has 6 nitrogen and oxygen atoms in total. The number of aromatic nitrogens is 1. The quantitative estimate of drug-likeness (QED) is 0.853. The van der Waals surface area contributed by atoms with Crippen LogP contribution < -0.4 is 4.90 Å². The van der Waals surface area contributed by atoms with E-state index < -0.39 is 21.5 Å². The number of carbonyl (C=O) groups excluding carboxylic acids is 1. The second kappa shape index (κ2) is 5.81. The van der Waals surface area contributed by atoms with E-state index in [1.807, 2.05) is 31.2 Å². The van der Waals surface area contributed by atoms with Crippen LogP contribution in [0.3, 0.4) is 0 Å². The van der Waals surface area contributed by atoms with Crippen LogP contribution in [-0.4, -0.2) is 31.3 Å². The maximum Gasteiger partial charge on any atom is 0.242 e. The van der Waals surface area contributed by atoms with Gasteiger partial charge in [-0.25, -0.2) is 8.42 Å². The lowest BCUT2D eigenvalue weighted by molar-refractivity contribution is -0.116. The maximum absolute atomic E-state index is 12.5. The lowest BCUT2D eigenvalue weighted by Gasteiger charge is -2.22. The number of carbonyl (C=O) groups is 1. The fourth-order valence-electron chi connectivity index (χ4n) is 2.96. The highest BCUT2D eigenvalue weighted by atomic mass is 32.2. The van der Waals surface area contributed by atoms with E-state index in [0.717, 1.165) is 17.7 Å². The molecule has 0 saturated carbocycles. The zero-order chi connectivity index (χ0) is 16.6. The zero-order valence-corrected chi connectivity index (χ0v) is 13.8. The van der Waals surface area contributed by atoms with Gasteiger partial charge in [0.1, 0.15) is 11.5 Å². The predicted molar refractivity (Wildman–Crippen MR) is 85.8 cm³/mol. The number of para-hydroxylation sites is 1. The van der Waals surface area contributed by atoms with Crippen LogP contribution in [0.5, 0.6) is 0 Å². The highest BCUT2D eigenvalue weighted by Crippen LogP contribution is 2.32. The largest absolute Gasteiger partial charge is 0.360 e. The molecule has 23 heavy (non-hydrogen) atoms. The lowest BCUT2D eigenvalue weighted by Crippen LogP contribution is -2.39. The molecule has 1 amide bonds. The van der Waals surface area contributed by atoms with Crippen LogP contribution in [0.4, 0.5) is 5.69 Å². The molecule has 1 aromatic heterocycles. The number of benzene rings is 1. The summed E-state index contributed by atoms with van der Waals surface area (Å²) < 4.78 is 29.4. The standard InChI is InChI=1S/C16H18N2O4S/c1-11-7-14(22-17-11)9-23(20,21)10-16(19)18-12(2)8-13-5-3-4-6-15(13)18/h3-7,12H,8-10H2,1-2H3. The summed E-state index contributed by atoms with van der Waals surface area (Å²) >= 11 is 0. The topological polar surface area (TPSA) is 80.5 Å². The van der Waals surface area contributed by atoms with E-state index in [2.05, 4.69) is 5.16 Å². The Hall–Kier alpha value is -2.15. The first kappa shape index (κ1) is 15.7. The van der Waals surface area contributed by atoms with E-state index in [0.29, 0.717) is 5.69 Å². The van der Waals surface area contributed by atoms with Crippen LogP contribution in [0.15, 0.2) is 34.9 Å². The van der Waals surface area contributed by atoms with Crippen molar-refractivity contribution >= 4 is 21.4 Å². The zero-order valence-electron chi connectivity index (χ0n) is 13.0. The van der Waals surface area contributed by atoms with Gasteiger partial charge in [0.05, 0.1) is 5.69 Å². The van der Waals surface area contributed by atoms with Gasteiger partial charge < -0.3 is 9.42 Å². The van der Waals surface area contributed by atoms with Crippen molar-refractivity contribution in [3.63, 3.8) is 0 Å². The third-order valence-corrected chi connectivity index (χ3v) is 5.27. The molecule has 1 aliphatic rings. The van der Waals surface area contributed by atoms with Gasteiger partial charge in [-0.2, -0.15) is 0 Å². The summed E-state index contributed by atoms with van der Waals surface area (Å²) in [6.45, 7) is 3.64. The van der Waals surface area contributed by atoms with Gasteiger partial charge in [0, 0.05) is 17.8 Å². The molecule has 0 bridgehead atoms. The number of nitrogens with zero attached hydrogens (tertiary/aromatic N) is 2. The van der Waals surface area contributed by atoms with Crippen molar-refractivity contribution in [1.82, 2.24) is 5.16 Å². The number of rotatable bonds is 4. The summed E-state index contributed by atoms with van der Waals surface area (Å²) in [7, 11) is -3.61. The number of hydrogen-bond donors (Lipinski definition) is 0. The van der Waals surface area contributed by atoms with E-state index in [1.165, 1.54) is 0 Å². The van der Waals surface area contributed by atoms with E-state index in [9.17, 15) is 13.2 Å². The third-order valence-electron chi connectivity index (χ3n) is 3.86. The minimum atomic E-state index is -3.61. The average Bonchev–Trinajstić information content (AvgIpc) is 2.99. The molecule has 0 N–H and O–H groups in total. The van der Waals surface area contributed by atoms with Crippen LogP contribution >= 0.6 is 0 Å². The van der Waals surface area contributed by atoms with E-state index >= 15 is 0 Å². The molecule has 3 rings (SSSR count). The van der Waals surface area contributed by atoms with Crippen LogP contribution in [0, 0.1) is 6.92 Å². The fourth-order valence-corrected chi connectivity index (χ4v) is 4.14. The van der Waals surface area contributed by atoms with Crippen molar-refractivity contribution in [2.45, 2.75) is 32.1 Å². The molecular weight excluding hydrogens is 316 g/mol. The summed E-state index contributed by atoms with van der Waals surface area (Å²) in [5, 5.41) is 3.66. The van der Waals surface area contributed by atoms with Crippen molar-refractivity contribution in [2.24, 2.45) is 0 Å². The molecule has 0 fully saturated rings. The first-order valence-electron chi connectivity index (χ1n) is 7.38. The summed E-state index contributed by atoms with van der Waals surface area (Å²) in [6, 6.07) is 9.11. The van der Waals surface area contributed by atoms with Gasteiger partial charge in [-0.1, -0.05) is 23.4 Å². The van der Waals surface area contributed by atoms with E-state index in [-0.39, 0.29) is 17.6 Å². The smallest absolute Gasteiger partial charge is 0.242 e. The Morgan fingerprint density at radius 1 is 1.39 bits per heavy atom. The van der Waals surface area contributed by atoms with Crippen molar-refractivity contribution in [3.05, 3.63) is 47.3 Å². The third kappa shape index (κ3) is 3.29. The Morgan fingerprint density at radius 2 is 2.13 bits per heavy atom. The Bertz CT molecular complexity index is 841. The average molecular weight is 334 g/mol. The minimum Gasteiger partial charge on any atom is -0.360 e. The summed E-state index contributed by atoms with van der Waals surface area (Å²) in [6.07, 6.45) is 0.739. The highest BCUT2D eigenvalue weighted by Gasteiger charge is 2.33. The van der Waals surface area contributed by atoms with Crippen molar-refractivity contribution in [3.8, 4) is 0 Å². The summed E-state index contributed by atoms with van der Waals surface area (Å²) in [5.41, 5.74) is 2.48. The van der Waals surface area contributed by atoms with Crippen molar-refractivity contribution in [1.29, 1.82) is 0 Å². The van der Waals surface area contributed by atoms with Crippen LogP contribution in [0.2, 0.25) is 0 Å². The van der Waals surface area contributed by atoms with Gasteiger partial charge in [-0.15, -0.1) is 0 Å². The van der Waals surface area contributed by atoms with E-state index in [4.69, 9.17) is 4.52 Å². The first-order valence-corrected chi connectivity index (χ1v) is 9.20. The molecular formula is C16H18N2O4S. The van der Waals surface area contributed by atoms with Gasteiger partial charge in [-0.3, -0.25) is 4.79 Å². The Labute approximate surface area is 135 Å². The molecule has 0 radical (unpaired) electrons. The number of anilines is 1. The Morgan fingerprint density at radius 3 is 2.83 bits per heavy atom. The molecule has 1 unspecified atom stereocenters. The van der Waals surface area contributed by atoms with Crippen LogP contribution in [-0.2, 0) is 26.8 Å². The van der Waals surface area contributed by atoms with Crippen LogP contribution in [0.25, 0.3) is 0 Å². The molecule has 0 aliphatic carbocycles.